The molecule has 109 heavy (non-hydrogen) atoms. The lowest BCUT2D eigenvalue weighted by Crippen LogP contribution is -2.61. The van der Waals surface area contributed by atoms with E-state index in [1.54, 1.807) is 4.57 Å². The summed E-state index contributed by atoms with van der Waals surface area (Å²) in [5.74, 6) is 0. The molecule has 0 fully saturated rings. The number of furan rings is 1. The lowest BCUT2D eigenvalue weighted by Gasteiger charge is -2.46. The van der Waals surface area contributed by atoms with E-state index in [-0.39, 0.29) is 65.8 Å². The minimum atomic E-state index is -0.841. The average molecular weight is 1420 g/mol. The van der Waals surface area contributed by atoms with E-state index in [4.69, 9.17) is 7.16 Å². The molecule has 0 saturated carbocycles. The quantitative estimate of drug-likeness (QED) is 0.142. The third kappa shape index (κ3) is 9.88. The molecule has 15 aromatic carbocycles. The van der Waals surface area contributed by atoms with Crippen LogP contribution in [0.5, 0.6) is 0 Å². The second-order valence-electron chi connectivity index (χ2n) is 32.1. The maximum absolute atomic E-state index is 10.3. The number of hydrogen-bond donors (Lipinski definition) is 0. The highest BCUT2D eigenvalue weighted by molar-refractivity contribution is 7.00. The highest BCUT2D eigenvalue weighted by Crippen LogP contribution is 2.56. The summed E-state index contributed by atoms with van der Waals surface area (Å²) in [6, 6.07) is 68.0. The minimum absolute atomic E-state index is 0.0971. The largest absolute Gasteiger partial charge is 0.456 e. The molecule has 522 valence electrons. The van der Waals surface area contributed by atoms with Crippen LogP contribution in [-0.4, -0.2) is 20.4 Å². The Labute approximate surface area is 658 Å². The summed E-state index contributed by atoms with van der Waals surface area (Å²) in [5, 5.41) is 3.01. The van der Waals surface area contributed by atoms with Gasteiger partial charge in [-0.2, -0.15) is 0 Å². The first-order valence-corrected chi connectivity index (χ1v) is 37.1. The predicted molar refractivity (Wildman–Crippen MR) is 463 cm³/mol. The number of anilines is 6. The second-order valence-corrected chi connectivity index (χ2v) is 32.1. The van der Waals surface area contributed by atoms with Gasteiger partial charge in [0.15, 0.2) is 0 Å². The monoisotopic (exact) mass is 1420 g/mol. The minimum Gasteiger partial charge on any atom is -0.456 e. The van der Waals surface area contributed by atoms with E-state index in [2.05, 4.69) is 168 Å². The summed E-state index contributed by atoms with van der Waals surface area (Å²) in [7, 11) is 0. The average Bonchev–Trinajstić information content (AvgIpc) is 1.65. The Kier molecular flexibility index (Phi) is 10.9. The Balaban J connectivity index is 1.02. The SMILES string of the molecule is [2H]c1c([2H])c([2H])c2c(c1[2H])c1c([2H])c([2H])c([2H])c([2H])c1n2-c1ccc2c(c1)N(c1c(-c3ccccc3)ccc3oc4ccccc4c13)c1cc(-n3c4c([2H])c([2H])c([2H])c([2H])c4c4c([2H])c([2H])c([2H])c([2H])c43)cc3c1B2c1ccc(-n2c4ccc(C(C)(C)C)cc4c4cc(C(C)(C)C)ccc42)cc1N3c1c(-c2ccccc2)cc(C(C)(C)C)cc1-c1ccccc1. The van der Waals surface area contributed by atoms with Crippen molar-refractivity contribution in [2.24, 2.45) is 0 Å². The van der Waals surface area contributed by atoms with Gasteiger partial charge in [-0.05, 0) is 181 Å². The van der Waals surface area contributed by atoms with Crippen molar-refractivity contribution in [3.8, 4) is 50.4 Å². The van der Waals surface area contributed by atoms with Gasteiger partial charge in [-0.3, -0.25) is 0 Å². The van der Waals surface area contributed by atoms with Gasteiger partial charge in [-0.15, -0.1) is 0 Å². The second kappa shape index (κ2) is 23.8. The Hall–Kier alpha value is -12.8. The van der Waals surface area contributed by atoms with Gasteiger partial charge in [0.2, 0.25) is 0 Å². The molecule has 7 heteroatoms. The van der Waals surface area contributed by atoms with E-state index in [1.807, 2.05) is 133 Å². The maximum Gasteiger partial charge on any atom is 0.252 e. The normalized spacial score (nSPS) is 15.2. The molecule has 0 spiro atoms. The predicted octanol–water partition coefficient (Wildman–Crippen LogP) is 25.9. The van der Waals surface area contributed by atoms with Gasteiger partial charge in [0.05, 0.1) is 77.5 Å². The standard InChI is InChI=1S/C102H80BN5O/c1-100(2,3)66-45-52-88-80(55-66)81-56-67(101(4,5)6)46-53-89(81)105(88)70-48-50-82-90(59-70)107(98-78(64-31-15-11-16-32-64)57-68(102(7,8)9)58-79(98)65-33-17-12-18-34-65)92-61-71(106-86-42-26-21-37-75(86)76-38-22-27-43-87(76)106)62-93-97(92)103(82)83-51-47-69(104-84-40-24-19-35-73(84)74-36-20-25-41-85(74)104)60-91(83)108(93)99-72(63-29-13-10-14-30-63)49-54-95-96(99)77-39-23-28-44-94(77)109-95/h10-62H,1-9H3/i19D,20D,21D,22D,24D,25D,26D,27D,35D,36D,37D,38D,40D,41D,42D,43D. The van der Waals surface area contributed by atoms with Crippen molar-refractivity contribution >= 4 is 145 Å². The number of fused-ring (bicyclic) bond motifs is 16. The summed E-state index contributed by atoms with van der Waals surface area (Å²) >= 11 is 0. The smallest absolute Gasteiger partial charge is 0.252 e. The van der Waals surface area contributed by atoms with Crippen LogP contribution in [0.4, 0.5) is 34.1 Å². The van der Waals surface area contributed by atoms with Crippen molar-refractivity contribution in [2.45, 2.75) is 78.6 Å². The molecule has 21 rings (SSSR count). The van der Waals surface area contributed by atoms with Crippen molar-refractivity contribution in [3.05, 3.63) is 338 Å². The van der Waals surface area contributed by atoms with Crippen molar-refractivity contribution in [3.63, 3.8) is 0 Å². The molecular formula is C102H80BN5O. The van der Waals surface area contributed by atoms with Crippen LogP contribution < -0.4 is 26.2 Å². The lowest BCUT2D eigenvalue weighted by molar-refractivity contribution is 0.590. The number of aromatic nitrogens is 3. The molecule has 4 aromatic heterocycles. The fraction of sp³-hybridized carbons (Fsp3) is 0.118. The first-order valence-electron chi connectivity index (χ1n) is 45.1. The van der Waals surface area contributed by atoms with Crippen LogP contribution >= 0.6 is 0 Å². The van der Waals surface area contributed by atoms with Crippen molar-refractivity contribution < 1.29 is 26.3 Å². The highest BCUT2D eigenvalue weighted by Gasteiger charge is 2.47. The number of benzene rings is 15. The fourth-order valence-corrected chi connectivity index (χ4v) is 17.3. The summed E-state index contributed by atoms with van der Waals surface area (Å²) in [6.07, 6.45) is 0. The van der Waals surface area contributed by atoms with E-state index in [9.17, 15) is 19.2 Å². The Morgan fingerprint density at radius 3 is 1.15 bits per heavy atom. The van der Waals surface area contributed by atoms with Crippen LogP contribution in [0.15, 0.2) is 326 Å². The van der Waals surface area contributed by atoms with Crippen molar-refractivity contribution in [1.29, 1.82) is 0 Å². The van der Waals surface area contributed by atoms with Gasteiger partial charge in [0.1, 0.15) is 11.2 Å². The molecule has 0 atom stereocenters. The molecule has 0 N–H and O–H groups in total. The Morgan fingerprint density at radius 2 is 0.688 bits per heavy atom. The van der Waals surface area contributed by atoms with E-state index in [1.165, 1.54) is 4.57 Å². The molecular weight excluding hydrogens is 1320 g/mol. The van der Waals surface area contributed by atoms with E-state index in [0.29, 0.717) is 61.5 Å². The van der Waals surface area contributed by atoms with Crippen LogP contribution in [0.25, 0.3) is 138 Å². The van der Waals surface area contributed by atoms with Gasteiger partial charge >= 0.3 is 0 Å². The molecule has 6 heterocycles. The molecule has 0 aliphatic carbocycles. The van der Waals surface area contributed by atoms with E-state index < -0.39 is 109 Å². The summed E-state index contributed by atoms with van der Waals surface area (Å²) in [4.78, 5) is 4.51. The third-order valence-electron chi connectivity index (χ3n) is 22.6. The zero-order valence-corrected chi connectivity index (χ0v) is 61.6. The van der Waals surface area contributed by atoms with Gasteiger partial charge in [0.25, 0.3) is 6.71 Å². The maximum atomic E-state index is 10.3. The molecule has 0 amide bonds. The molecule has 0 bridgehead atoms. The molecule has 2 aliphatic heterocycles. The zero-order valence-electron chi connectivity index (χ0n) is 77.6. The molecule has 2 aliphatic rings. The summed E-state index contributed by atoms with van der Waals surface area (Å²) < 4.78 is 167. The first kappa shape index (κ1) is 49.9. The van der Waals surface area contributed by atoms with Crippen LogP contribution in [0.1, 0.15) is 101 Å². The molecule has 0 unspecified atom stereocenters. The molecule has 19 aromatic rings. The van der Waals surface area contributed by atoms with Gasteiger partial charge in [0, 0.05) is 88.5 Å². The summed E-state index contributed by atoms with van der Waals surface area (Å²) in [6.45, 7) is 19.1. The van der Waals surface area contributed by atoms with Crippen LogP contribution in [-0.2, 0) is 16.2 Å². The van der Waals surface area contributed by atoms with E-state index >= 15 is 0 Å². The van der Waals surface area contributed by atoms with Crippen LogP contribution in [0.3, 0.4) is 0 Å². The Bertz CT molecular complexity index is 7730. The van der Waals surface area contributed by atoms with Crippen molar-refractivity contribution in [1.82, 2.24) is 13.7 Å². The third-order valence-corrected chi connectivity index (χ3v) is 22.6. The first-order chi connectivity index (χ1) is 59.6. The molecule has 0 saturated heterocycles. The molecule has 0 radical (unpaired) electrons. The number of rotatable bonds is 8. The van der Waals surface area contributed by atoms with Crippen molar-refractivity contribution in [2.75, 3.05) is 9.80 Å². The Morgan fingerprint density at radius 1 is 0.294 bits per heavy atom. The molecule has 6 nitrogen and oxygen atoms in total. The zero-order chi connectivity index (χ0) is 87.4. The van der Waals surface area contributed by atoms with Crippen LogP contribution in [0, 0.1) is 0 Å². The van der Waals surface area contributed by atoms with Gasteiger partial charge in [-0.25, -0.2) is 0 Å². The highest BCUT2D eigenvalue weighted by atomic mass is 16.3. The number of nitrogens with zero attached hydrogens (tertiary/aromatic N) is 5. The number of hydrogen-bond acceptors (Lipinski definition) is 3. The topological polar surface area (TPSA) is 34.4 Å². The van der Waals surface area contributed by atoms with Crippen LogP contribution in [0.2, 0.25) is 0 Å². The summed E-state index contributed by atoms with van der Waals surface area (Å²) in [5.41, 5.74) is 16.8. The van der Waals surface area contributed by atoms with Gasteiger partial charge < -0.3 is 27.9 Å². The van der Waals surface area contributed by atoms with Gasteiger partial charge in [-0.1, -0.05) is 268 Å². The fourth-order valence-electron chi connectivity index (χ4n) is 17.3. The van der Waals surface area contributed by atoms with E-state index in [0.717, 1.165) is 88.5 Å². The lowest BCUT2D eigenvalue weighted by atomic mass is 9.33. The number of para-hydroxylation sites is 5.